The maximum atomic E-state index is 12.1. The molecule has 0 aromatic carbocycles. The zero-order valence-corrected chi connectivity index (χ0v) is 17.2. The molecule has 7 rings (SSSR count). The van der Waals surface area contributed by atoms with E-state index in [2.05, 4.69) is 20.8 Å². The van der Waals surface area contributed by atoms with Gasteiger partial charge in [0.15, 0.2) is 0 Å². The predicted octanol–water partition coefficient (Wildman–Crippen LogP) is 4.03. The first kappa shape index (κ1) is 16.7. The lowest BCUT2D eigenvalue weighted by molar-refractivity contribution is -0.232. The van der Waals surface area contributed by atoms with Crippen molar-refractivity contribution in [2.75, 3.05) is 13.2 Å². The average Bonchev–Trinajstić information content (AvgIpc) is 3.50. The Labute approximate surface area is 163 Å². The van der Waals surface area contributed by atoms with Crippen LogP contribution in [0.25, 0.3) is 0 Å². The van der Waals surface area contributed by atoms with Crippen LogP contribution in [0.1, 0.15) is 65.7 Å². The molecule has 0 bridgehead atoms. The summed E-state index contributed by atoms with van der Waals surface area (Å²) in [5.74, 6) is 5.62. The Morgan fingerprint density at radius 2 is 1.74 bits per heavy atom. The molecule has 4 unspecified atom stereocenters. The number of hydrogen-bond acceptors (Lipinski definition) is 3. The summed E-state index contributed by atoms with van der Waals surface area (Å²) >= 11 is 0. The molecule has 1 spiro atoms. The first-order chi connectivity index (χ1) is 12.9. The molecule has 1 saturated heterocycles. The van der Waals surface area contributed by atoms with E-state index in [0.29, 0.717) is 11.3 Å². The van der Waals surface area contributed by atoms with E-state index in [0.717, 1.165) is 68.0 Å². The average molecular weight is 373 g/mol. The van der Waals surface area contributed by atoms with Crippen LogP contribution >= 0.6 is 0 Å². The van der Waals surface area contributed by atoms with Crippen molar-refractivity contribution < 1.29 is 14.6 Å². The van der Waals surface area contributed by atoms with Gasteiger partial charge in [-0.05, 0) is 92.3 Å². The molecule has 7 fully saturated rings. The molecule has 6 saturated carbocycles. The summed E-state index contributed by atoms with van der Waals surface area (Å²) in [6, 6.07) is 0. The van der Waals surface area contributed by atoms with Crippen LogP contribution in [0.4, 0.5) is 0 Å². The highest BCUT2D eigenvalue weighted by molar-refractivity contribution is 5.32. The van der Waals surface area contributed by atoms with Crippen LogP contribution in [-0.2, 0) is 9.47 Å². The number of hydrogen-bond donors (Lipinski definition) is 1. The van der Waals surface area contributed by atoms with Crippen molar-refractivity contribution in [3.8, 4) is 0 Å². The number of fused-ring (bicyclic) bond motifs is 12. The number of ether oxygens (including phenoxy) is 2. The lowest BCUT2D eigenvalue weighted by Gasteiger charge is -2.64. The second kappa shape index (κ2) is 4.62. The molecule has 7 aliphatic rings. The Morgan fingerprint density at radius 1 is 1.00 bits per heavy atom. The highest BCUT2D eigenvalue weighted by atomic mass is 16.6. The van der Waals surface area contributed by atoms with E-state index in [1.54, 1.807) is 0 Å². The van der Waals surface area contributed by atoms with Gasteiger partial charge in [-0.2, -0.15) is 0 Å². The summed E-state index contributed by atoms with van der Waals surface area (Å²) in [5.41, 5.74) is 0.344. The molecule has 150 valence electrons. The van der Waals surface area contributed by atoms with Gasteiger partial charge >= 0.3 is 0 Å². The fraction of sp³-hybridized carbons (Fsp3) is 1.00. The Bertz CT molecular complexity index is 702. The zero-order chi connectivity index (χ0) is 18.4. The molecule has 1 aliphatic heterocycles. The van der Waals surface area contributed by atoms with Crippen molar-refractivity contribution in [3.63, 3.8) is 0 Å². The van der Waals surface area contributed by atoms with Gasteiger partial charge in [0.1, 0.15) is 5.60 Å². The molecular weight excluding hydrogens is 336 g/mol. The third-order valence-corrected chi connectivity index (χ3v) is 11.6. The van der Waals surface area contributed by atoms with E-state index in [1.807, 2.05) is 0 Å². The minimum Gasteiger partial charge on any atom is -0.389 e. The zero-order valence-electron chi connectivity index (χ0n) is 17.2. The fourth-order valence-electron chi connectivity index (χ4n) is 10.3. The summed E-state index contributed by atoms with van der Waals surface area (Å²) < 4.78 is 12.3. The van der Waals surface area contributed by atoms with Crippen LogP contribution in [0, 0.1) is 52.3 Å². The molecule has 0 aromatic heterocycles. The second-order valence-corrected chi connectivity index (χ2v) is 12.0. The van der Waals surface area contributed by atoms with Crippen LogP contribution in [-0.4, -0.2) is 35.6 Å². The predicted molar refractivity (Wildman–Crippen MR) is 102 cm³/mol. The first-order valence-electron chi connectivity index (χ1n) is 11.9. The number of epoxide rings is 1. The number of aliphatic hydroxyl groups is 1. The molecule has 12 atom stereocenters. The van der Waals surface area contributed by atoms with Gasteiger partial charge in [0, 0.05) is 18.4 Å². The van der Waals surface area contributed by atoms with Crippen molar-refractivity contribution in [1.29, 1.82) is 0 Å². The van der Waals surface area contributed by atoms with Crippen molar-refractivity contribution >= 4 is 0 Å². The Morgan fingerprint density at radius 3 is 2.48 bits per heavy atom. The van der Waals surface area contributed by atoms with Crippen LogP contribution < -0.4 is 0 Å². The molecular formula is C24H36O3. The minimum atomic E-state index is -0.472. The van der Waals surface area contributed by atoms with Crippen molar-refractivity contribution in [2.24, 2.45) is 52.3 Å². The second-order valence-electron chi connectivity index (χ2n) is 12.0. The Kier molecular flexibility index (Phi) is 2.85. The molecule has 6 aliphatic carbocycles. The van der Waals surface area contributed by atoms with Gasteiger partial charge in [0.05, 0.1) is 18.3 Å². The maximum Gasteiger partial charge on any atom is 0.100 e. The van der Waals surface area contributed by atoms with Crippen molar-refractivity contribution in [1.82, 2.24) is 0 Å². The molecule has 27 heavy (non-hydrogen) atoms. The molecule has 1 heterocycles. The number of rotatable bonds is 2. The summed E-state index contributed by atoms with van der Waals surface area (Å²) in [7, 11) is 0. The molecule has 1 N–H and O–H groups in total. The smallest absolute Gasteiger partial charge is 0.100 e. The van der Waals surface area contributed by atoms with E-state index in [9.17, 15) is 5.11 Å². The van der Waals surface area contributed by atoms with Gasteiger partial charge in [0.25, 0.3) is 0 Å². The fourth-order valence-corrected chi connectivity index (χ4v) is 10.3. The standard InChI is InChI=1S/C24H36O3/c1-4-26-13-5-7-21(2)16-6-8-22(3)20(15-10-18(15)24(22)12-27-24)19(16)14-9-17(14)23(21,25)11-13/h13-20,25H,4-12H2,1-3H3/t13-,14?,15+,16?,17+,18-,19?,20?,21+,22-,23+,24-/m0/s1. The summed E-state index contributed by atoms with van der Waals surface area (Å²) in [5, 5.41) is 12.1. The van der Waals surface area contributed by atoms with E-state index >= 15 is 0 Å². The van der Waals surface area contributed by atoms with Crippen molar-refractivity contribution in [2.45, 2.75) is 83.0 Å². The third-order valence-electron chi connectivity index (χ3n) is 11.6. The summed E-state index contributed by atoms with van der Waals surface area (Å²) in [6.07, 6.45) is 8.86. The van der Waals surface area contributed by atoms with Crippen molar-refractivity contribution in [3.05, 3.63) is 0 Å². The molecule has 0 aromatic rings. The largest absolute Gasteiger partial charge is 0.389 e. The highest BCUT2D eigenvalue weighted by Crippen LogP contribution is 2.84. The maximum absolute atomic E-state index is 12.1. The van der Waals surface area contributed by atoms with E-state index in [1.165, 1.54) is 25.7 Å². The van der Waals surface area contributed by atoms with Gasteiger partial charge in [-0.3, -0.25) is 0 Å². The molecule has 0 radical (unpaired) electrons. The normalized spacial score (nSPS) is 69.8. The Balaban J connectivity index is 1.28. The van der Waals surface area contributed by atoms with Gasteiger partial charge < -0.3 is 14.6 Å². The van der Waals surface area contributed by atoms with Gasteiger partial charge in [0.2, 0.25) is 0 Å². The summed E-state index contributed by atoms with van der Waals surface area (Å²) in [4.78, 5) is 0. The van der Waals surface area contributed by atoms with E-state index in [-0.39, 0.29) is 17.1 Å². The summed E-state index contributed by atoms with van der Waals surface area (Å²) in [6.45, 7) is 9.00. The quantitative estimate of drug-likeness (QED) is 0.744. The van der Waals surface area contributed by atoms with Crippen LogP contribution in [0.2, 0.25) is 0 Å². The van der Waals surface area contributed by atoms with Gasteiger partial charge in [-0.1, -0.05) is 13.8 Å². The van der Waals surface area contributed by atoms with Crippen LogP contribution in [0.3, 0.4) is 0 Å². The molecule has 3 heteroatoms. The van der Waals surface area contributed by atoms with Crippen LogP contribution in [0.5, 0.6) is 0 Å². The third kappa shape index (κ3) is 1.64. The van der Waals surface area contributed by atoms with Gasteiger partial charge in [-0.15, -0.1) is 0 Å². The molecule has 3 nitrogen and oxygen atoms in total. The SMILES string of the molecule is CCO[C@H]1CC[C@]2(C)C3CC[C@@]4(C)C(C3C3C[C@H]3[C@]2(O)C1)[C@@H]1C[C@@H]1[C@@]41CO1. The van der Waals surface area contributed by atoms with E-state index < -0.39 is 5.60 Å². The van der Waals surface area contributed by atoms with E-state index in [4.69, 9.17) is 9.47 Å². The topological polar surface area (TPSA) is 42.0 Å². The first-order valence-corrected chi connectivity index (χ1v) is 11.9. The minimum absolute atomic E-state index is 0.106. The lowest BCUT2D eigenvalue weighted by atomic mass is 9.42. The lowest BCUT2D eigenvalue weighted by Crippen LogP contribution is -2.65. The molecule has 0 amide bonds. The van der Waals surface area contributed by atoms with Crippen LogP contribution in [0.15, 0.2) is 0 Å². The van der Waals surface area contributed by atoms with Gasteiger partial charge in [-0.25, -0.2) is 0 Å². The highest BCUT2D eigenvalue weighted by Gasteiger charge is 2.84. The monoisotopic (exact) mass is 372 g/mol. The Hall–Kier alpha value is -0.120.